The lowest BCUT2D eigenvalue weighted by atomic mass is 10.0. The van der Waals surface area contributed by atoms with E-state index < -0.39 is 15.4 Å². The third kappa shape index (κ3) is 3.44. The van der Waals surface area contributed by atoms with Crippen LogP contribution in [-0.4, -0.2) is 35.4 Å². The molecule has 1 aliphatic heterocycles. The maximum absolute atomic E-state index is 11.7. The molecule has 118 valence electrons. The average Bonchev–Trinajstić information content (AvgIpc) is 2.65. The van der Waals surface area contributed by atoms with Gasteiger partial charge in [0.15, 0.2) is 9.84 Å². The van der Waals surface area contributed by atoms with Crippen LogP contribution in [0.5, 0.6) is 0 Å². The van der Waals surface area contributed by atoms with Crippen molar-refractivity contribution in [2.24, 2.45) is 5.84 Å². The summed E-state index contributed by atoms with van der Waals surface area (Å²) < 4.78 is 23.4. The Morgan fingerprint density at radius 1 is 1.29 bits per heavy atom. The number of anilines is 2. The minimum atomic E-state index is -2.98. The van der Waals surface area contributed by atoms with Crippen molar-refractivity contribution in [1.29, 1.82) is 0 Å². The molecule has 0 aliphatic carbocycles. The number of nitrogens with two attached hydrogens (primary N) is 1. The molecule has 0 spiro atoms. The van der Waals surface area contributed by atoms with Gasteiger partial charge in [0, 0.05) is 11.5 Å². The molecule has 0 bridgehead atoms. The van der Waals surface area contributed by atoms with Crippen molar-refractivity contribution in [3.63, 3.8) is 0 Å². The predicted octanol–water partition coefficient (Wildman–Crippen LogP) is 1.18. The van der Waals surface area contributed by atoms with Crippen LogP contribution in [0.3, 0.4) is 0 Å². The van der Waals surface area contributed by atoms with E-state index in [1.165, 1.54) is 0 Å². The van der Waals surface area contributed by atoms with E-state index >= 15 is 0 Å². The minimum absolute atomic E-state index is 0.117. The second-order valence-corrected chi connectivity index (χ2v) is 8.41. The highest BCUT2D eigenvalue weighted by Crippen LogP contribution is 2.30. The fourth-order valence-corrected chi connectivity index (χ4v) is 4.54. The highest BCUT2D eigenvalue weighted by Gasteiger charge is 2.39. The van der Waals surface area contributed by atoms with Crippen molar-refractivity contribution in [1.82, 2.24) is 9.97 Å². The lowest BCUT2D eigenvalue weighted by molar-refractivity contribution is 0.570. The summed E-state index contributed by atoms with van der Waals surface area (Å²) in [5, 5.41) is 3.29. The molecule has 0 aromatic carbocycles. The Morgan fingerprint density at radius 3 is 2.38 bits per heavy atom. The summed E-state index contributed by atoms with van der Waals surface area (Å²) in [6.07, 6.45) is 0.571. The first-order valence-electron chi connectivity index (χ1n) is 6.99. The van der Waals surface area contributed by atoms with Gasteiger partial charge in [0.25, 0.3) is 0 Å². The van der Waals surface area contributed by atoms with Gasteiger partial charge in [0.2, 0.25) is 0 Å². The number of nitrogens with zero attached hydrogens (tertiary/aromatic N) is 2. The monoisotopic (exact) mass is 313 g/mol. The third-order valence-electron chi connectivity index (χ3n) is 3.74. The van der Waals surface area contributed by atoms with Crippen LogP contribution in [0.25, 0.3) is 0 Å². The van der Waals surface area contributed by atoms with Gasteiger partial charge in [-0.25, -0.2) is 24.2 Å². The number of hydrogen-bond acceptors (Lipinski definition) is 7. The highest BCUT2D eigenvalue weighted by atomic mass is 32.2. The zero-order valence-corrected chi connectivity index (χ0v) is 13.7. The summed E-state index contributed by atoms with van der Waals surface area (Å²) in [4.78, 5) is 8.90. The summed E-state index contributed by atoms with van der Waals surface area (Å²) in [6.45, 7) is 7.76. The summed E-state index contributed by atoms with van der Waals surface area (Å²) >= 11 is 0. The molecular formula is C13H23N5O2S. The van der Waals surface area contributed by atoms with Gasteiger partial charge in [0.1, 0.15) is 17.5 Å². The molecular weight excluding hydrogens is 290 g/mol. The molecule has 1 aromatic rings. The van der Waals surface area contributed by atoms with Crippen LogP contribution in [0.15, 0.2) is 0 Å². The topological polar surface area (TPSA) is 110 Å². The minimum Gasteiger partial charge on any atom is -0.363 e. The largest absolute Gasteiger partial charge is 0.363 e. The Bertz CT molecular complexity index is 644. The predicted molar refractivity (Wildman–Crippen MR) is 84.0 cm³/mol. The number of rotatable bonds is 4. The summed E-state index contributed by atoms with van der Waals surface area (Å²) in [6, 6.07) is 0. The molecule has 0 amide bonds. The van der Waals surface area contributed by atoms with Crippen molar-refractivity contribution in [3.05, 3.63) is 11.4 Å². The fourth-order valence-electron chi connectivity index (χ4n) is 2.45. The van der Waals surface area contributed by atoms with Crippen LogP contribution < -0.4 is 16.6 Å². The van der Waals surface area contributed by atoms with E-state index in [-0.39, 0.29) is 17.4 Å². The number of aromatic nitrogens is 2. The van der Waals surface area contributed by atoms with Gasteiger partial charge in [-0.15, -0.1) is 0 Å². The Balaban J connectivity index is 2.37. The standard InChI is InChI=1S/C13H23N5O2S/c1-8(2)10-15-11(9(3)12(16-10)18-14)17-13(4)5-6-21(19,20)7-13/h8H,5-7,14H2,1-4H3,(H2,15,16,17,18). The van der Waals surface area contributed by atoms with E-state index in [1.54, 1.807) is 0 Å². The number of hydrazine groups is 1. The lowest BCUT2D eigenvalue weighted by Gasteiger charge is -2.26. The molecule has 0 radical (unpaired) electrons. The van der Waals surface area contributed by atoms with Gasteiger partial charge in [0.05, 0.1) is 17.0 Å². The van der Waals surface area contributed by atoms with Crippen molar-refractivity contribution < 1.29 is 8.42 Å². The Kier molecular flexibility index (Phi) is 4.12. The number of sulfone groups is 1. The molecule has 0 saturated carbocycles. The molecule has 8 heteroatoms. The quantitative estimate of drug-likeness (QED) is 0.565. The number of nitrogen functional groups attached to an aromatic ring is 1. The van der Waals surface area contributed by atoms with Crippen LogP contribution in [0, 0.1) is 6.92 Å². The lowest BCUT2D eigenvalue weighted by Crippen LogP contribution is -2.37. The second kappa shape index (κ2) is 5.42. The Labute approximate surface area is 125 Å². The van der Waals surface area contributed by atoms with Gasteiger partial charge in [-0.1, -0.05) is 13.8 Å². The van der Waals surface area contributed by atoms with Crippen LogP contribution >= 0.6 is 0 Å². The van der Waals surface area contributed by atoms with E-state index in [0.29, 0.717) is 23.9 Å². The maximum Gasteiger partial charge on any atom is 0.152 e. The van der Waals surface area contributed by atoms with E-state index in [4.69, 9.17) is 5.84 Å². The van der Waals surface area contributed by atoms with E-state index in [9.17, 15) is 8.42 Å². The van der Waals surface area contributed by atoms with E-state index in [2.05, 4.69) is 20.7 Å². The Morgan fingerprint density at radius 2 is 1.90 bits per heavy atom. The SMILES string of the molecule is Cc1c(NN)nc(C(C)C)nc1NC1(C)CCS(=O)(=O)C1. The van der Waals surface area contributed by atoms with Gasteiger partial charge < -0.3 is 10.7 Å². The summed E-state index contributed by atoms with van der Waals surface area (Å²) in [5.74, 6) is 7.85. The molecule has 1 saturated heterocycles. The van der Waals surface area contributed by atoms with Crippen molar-refractivity contribution in [3.8, 4) is 0 Å². The fraction of sp³-hybridized carbons (Fsp3) is 0.692. The first-order valence-corrected chi connectivity index (χ1v) is 8.82. The van der Waals surface area contributed by atoms with Gasteiger partial charge in [-0.05, 0) is 20.3 Å². The van der Waals surface area contributed by atoms with Crippen LogP contribution in [-0.2, 0) is 9.84 Å². The highest BCUT2D eigenvalue weighted by molar-refractivity contribution is 7.91. The van der Waals surface area contributed by atoms with Gasteiger partial charge >= 0.3 is 0 Å². The molecule has 1 atom stereocenters. The molecule has 1 fully saturated rings. The molecule has 7 nitrogen and oxygen atoms in total. The molecule has 4 N–H and O–H groups in total. The Hall–Kier alpha value is -1.41. The van der Waals surface area contributed by atoms with E-state index in [1.807, 2.05) is 27.7 Å². The molecule has 1 unspecified atom stereocenters. The molecule has 1 aromatic heterocycles. The molecule has 21 heavy (non-hydrogen) atoms. The first-order chi connectivity index (χ1) is 9.66. The zero-order chi connectivity index (χ0) is 15.8. The van der Waals surface area contributed by atoms with Crippen molar-refractivity contribution >= 4 is 21.5 Å². The van der Waals surface area contributed by atoms with Crippen LogP contribution in [0.2, 0.25) is 0 Å². The van der Waals surface area contributed by atoms with Crippen LogP contribution in [0.4, 0.5) is 11.6 Å². The van der Waals surface area contributed by atoms with Crippen molar-refractivity contribution in [2.45, 2.75) is 45.6 Å². The molecule has 2 heterocycles. The molecule has 2 rings (SSSR count). The zero-order valence-electron chi connectivity index (χ0n) is 12.9. The van der Waals surface area contributed by atoms with Gasteiger partial charge in [-0.2, -0.15) is 0 Å². The third-order valence-corrected chi connectivity index (χ3v) is 5.64. The first kappa shape index (κ1) is 16.0. The van der Waals surface area contributed by atoms with Crippen molar-refractivity contribution in [2.75, 3.05) is 22.2 Å². The number of hydrogen-bond donors (Lipinski definition) is 3. The molecule has 1 aliphatic rings. The van der Waals surface area contributed by atoms with Gasteiger partial charge in [-0.3, -0.25) is 0 Å². The smallest absolute Gasteiger partial charge is 0.152 e. The summed E-state index contributed by atoms with van der Waals surface area (Å²) in [5.41, 5.74) is 2.86. The average molecular weight is 313 g/mol. The summed E-state index contributed by atoms with van der Waals surface area (Å²) in [7, 11) is -2.98. The normalized spacial score (nSPS) is 24.3. The van der Waals surface area contributed by atoms with Crippen LogP contribution in [0.1, 0.15) is 44.5 Å². The number of nitrogens with one attached hydrogen (secondary N) is 2. The second-order valence-electron chi connectivity index (χ2n) is 6.23. The van der Waals surface area contributed by atoms with E-state index in [0.717, 1.165) is 5.56 Å². The maximum atomic E-state index is 11.7.